The van der Waals surface area contributed by atoms with Gasteiger partial charge in [-0.2, -0.15) is 0 Å². The topological polar surface area (TPSA) is 61.2 Å². The number of thiophene rings is 1. The highest BCUT2D eigenvalue weighted by atomic mass is 35.5. The second-order valence-corrected chi connectivity index (χ2v) is 6.70. The van der Waals surface area contributed by atoms with Crippen molar-refractivity contribution in [3.63, 3.8) is 0 Å². The number of aromatic nitrogens is 2. The molecule has 0 atom stereocenters. The average Bonchev–Trinajstić information content (AvgIpc) is 2.90. The molecule has 0 bridgehead atoms. The third-order valence-corrected chi connectivity index (χ3v) is 5.08. The molecule has 2 heterocycles. The van der Waals surface area contributed by atoms with E-state index in [2.05, 4.69) is 4.98 Å². The van der Waals surface area contributed by atoms with Crippen LogP contribution in [0, 0.1) is 6.92 Å². The summed E-state index contributed by atoms with van der Waals surface area (Å²) in [4.78, 5) is 30.1. The van der Waals surface area contributed by atoms with Crippen LogP contribution >= 0.6 is 22.9 Å². The molecular weight excluding hydrogens is 348 g/mol. The number of hydrogen-bond acceptors (Lipinski definition) is 5. The van der Waals surface area contributed by atoms with E-state index >= 15 is 0 Å². The minimum absolute atomic E-state index is 0.167. The second-order valence-electron chi connectivity index (χ2n) is 5.26. The van der Waals surface area contributed by atoms with Crippen molar-refractivity contribution in [2.45, 2.75) is 20.4 Å². The average molecular weight is 363 g/mol. The zero-order chi connectivity index (χ0) is 17.3. The Balaban J connectivity index is 2.04. The molecule has 0 aliphatic heterocycles. The third-order valence-electron chi connectivity index (χ3n) is 3.64. The van der Waals surface area contributed by atoms with Crippen LogP contribution in [0.4, 0.5) is 0 Å². The summed E-state index contributed by atoms with van der Waals surface area (Å²) in [7, 11) is 0. The van der Waals surface area contributed by atoms with Crippen LogP contribution < -0.4 is 5.56 Å². The molecule has 0 fully saturated rings. The molecule has 0 N–H and O–H groups in total. The third kappa shape index (κ3) is 3.07. The van der Waals surface area contributed by atoms with Gasteiger partial charge in [-0.15, -0.1) is 11.3 Å². The fourth-order valence-electron chi connectivity index (χ4n) is 2.45. The number of rotatable bonds is 4. The Morgan fingerprint density at radius 3 is 2.71 bits per heavy atom. The van der Waals surface area contributed by atoms with Gasteiger partial charge in [-0.1, -0.05) is 23.7 Å². The first-order valence-corrected chi connectivity index (χ1v) is 8.60. The predicted molar refractivity (Wildman–Crippen MR) is 95.1 cm³/mol. The van der Waals surface area contributed by atoms with Crippen molar-refractivity contribution in [2.75, 3.05) is 6.61 Å². The molecule has 24 heavy (non-hydrogen) atoms. The highest BCUT2D eigenvalue weighted by Gasteiger charge is 2.20. The van der Waals surface area contributed by atoms with E-state index in [4.69, 9.17) is 16.3 Å². The lowest BCUT2D eigenvalue weighted by atomic mass is 10.2. The number of hydrogen-bond donors (Lipinski definition) is 0. The summed E-state index contributed by atoms with van der Waals surface area (Å²) >= 11 is 7.07. The van der Waals surface area contributed by atoms with Gasteiger partial charge in [0.15, 0.2) is 0 Å². The quantitative estimate of drug-likeness (QED) is 0.665. The van der Waals surface area contributed by atoms with Crippen molar-refractivity contribution in [3.05, 3.63) is 62.0 Å². The lowest BCUT2D eigenvalue weighted by molar-refractivity contribution is 0.0531. The zero-order valence-electron chi connectivity index (χ0n) is 13.2. The monoisotopic (exact) mass is 362 g/mol. The molecule has 0 aliphatic carbocycles. The van der Waals surface area contributed by atoms with Crippen LogP contribution in [0.25, 0.3) is 10.2 Å². The Morgan fingerprint density at radius 2 is 2.04 bits per heavy atom. The standard InChI is InChI=1S/C17H15ClN2O3S/c1-3-23-17(22)14-10(2)13-15(24-14)19-9-20(16(13)21)8-11-4-6-12(18)7-5-11/h4-7,9H,3,8H2,1-2H3. The fraction of sp³-hybridized carbons (Fsp3) is 0.235. The van der Waals surface area contributed by atoms with Crippen LogP contribution in [0.1, 0.15) is 27.7 Å². The van der Waals surface area contributed by atoms with Gasteiger partial charge in [0.25, 0.3) is 5.56 Å². The number of esters is 1. The Labute approximate surface area is 147 Å². The van der Waals surface area contributed by atoms with Crippen molar-refractivity contribution in [3.8, 4) is 0 Å². The normalized spacial score (nSPS) is 11.0. The number of carbonyl (C=O) groups excluding carboxylic acids is 1. The number of aryl methyl sites for hydroxylation is 1. The van der Waals surface area contributed by atoms with Crippen LogP contribution in [-0.4, -0.2) is 22.1 Å². The lowest BCUT2D eigenvalue weighted by Gasteiger charge is -2.06. The summed E-state index contributed by atoms with van der Waals surface area (Å²) in [6.07, 6.45) is 1.50. The molecule has 1 aromatic carbocycles. The summed E-state index contributed by atoms with van der Waals surface area (Å²) in [5, 5.41) is 1.12. The Hall–Kier alpha value is -2.18. The van der Waals surface area contributed by atoms with Crippen LogP contribution in [0.3, 0.4) is 0 Å². The first-order valence-electron chi connectivity index (χ1n) is 7.41. The van der Waals surface area contributed by atoms with E-state index in [1.165, 1.54) is 22.2 Å². The number of benzene rings is 1. The molecule has 5 nitrogen and oxygen atoms in total. The van der Waals surface area contributed by atoms with Crippen LogP contribution in [-0.2, 0) is 11.3 Å². The van der Waals surface area contributed by atoms with E-state index in [0.29, 0.717) is 38.8 Å². The van der Waals surface area contributed by atoms with Crippen molar-refractivity contribution in [1.82, 2.24) is 9.55 Å². The van der Waals surface area contributed by atoms with Gasteiger partial charge in [0, 0.05) is 5.02 Å². The van der Waals surface area contributed by atoms with E-state index in [1.54, 1.807) is 26.0 Å². The van der Waals surface area contributed by atoms with Gasteiger partial charge < -0.3 is 4.74 Å². The van der Waals surface area contributed by atoms with E-state index in [-0.39, 0.29) is 5.56 Å². The minimum Gasteiger partial charge on any atom is -0.462 e. The number of nitrogens with zero attached hydrogens (tertiary/aromatic N) is 2. The molecule has 0 unspecified atom stereocenters. The summed E-state index contributed by atoms with van der Waals surface area (Å²) in [6, 6.07) is 7.29. The Kier molecular flexibility index (Phi) is 4.69. The van der Waals surface area contributed by atoms with E-state index in [9.17, 15) is 9.59 Å². The maximum absolute atomic E-state index is 12.8. The number of halogens is 1. The van der Waals surface area contributed by atoms with Gasteiger partial charge in [0.2, 0.25) is 0 Å². The van der Waals surface area contributed by atoms with Gasteiger partial charge in [-0.05, 0) is 37.1 Å². The van der Waals surface area contributed by atoms with Crippen molar-refractivity contribution < 1.29 is 9.53 Å². The first-order chi connectivity index (χ1) is 11.5. The first kappa shape index (κ1) is 16.7. The van der Waals surface area contributed by atoms with Gasteiger partial charge in [0.1, 0.15) is 9.71 Å². The molecule has 7 heteroatoms. The molecule has 0 saturated carbocycles. The summed E-state index contributed by atoms with van der Waals surface area (Å²) < 4.78 is 6.57. The SMILES string of the molecule is CCOC(=O)c1sc2ncn(Cc3ccc(Cl)cc3)c(=O)c2c1C. The van der Waals surface area contributed by atoms with Gasteiger partial charge in [-0.3, -0.25) is 9.36 Å². The van der Waals surface area contributed by atoms with E-state index in [1.807, 2.05) is 12.1 Å². The van der Waals surface area contributed by atoms with Crippen LogP contribution in [0.15, 0.2) is 35.4 Å². The molecule has 2 aromatic heterocycles. The molecule has 0 amide bonds. The predicted octanol–water partition coefficient (Wildman–Crippen LogP) is 3.64. The lowest BCUT2D eigenvalue weighted by Crippen LogP contribution is -2.21. The Morgan fingerprint density at radius 1 is 1.33 bits per heavy atom. The molecule has 3 rings (SSSR count). The van der Waals surface area contributed by atoms with Crippen molar-refractivity contribution >= 4 is 39.1 Å². The number of carbonyl (C=O) groups is 1. The van der Waals surface area contributed by atoms with Crippen LogP contribution in [0.2, 0.25) is 5.02 Å². The molecular formula is C17H15ClN2O3S. The fourth-order valence-corrected chi connectivity index (χ4v) is 3.61. The molecule has 0 aliphatic rings. The van der Waals surface area contributed by atoms with Gasteiger partial charge >= 0.3 is 5.97 Å². The van der Waals surface area contributed by atoms with Gasteiger partial charge in [-0.25, -0.2) is 9.78 Å². The van der Waals surface area contributed by atoms with Crippen molar-refractivity contribution in [2.24, 2.45) is 0 Å². The highest BCUT2D eigenvalue weighted by Crippen LogP contribution is 2.27. The van der Waals surface area contributed by atoms with E-state index in [0.717, 1.165) is 5.56 Å². The number of fused-ring (bicyclic) bond motifs is 1. The highest BCUT2D eigenvalue weighted by molar-refractivity contribution is 7.20. The molecule has 0 saturated heterocycles. The zero-order valence-corrected chi connectivity index (χ0v) is 14.8. The Bertz CT molecular complexity index is 960. The maximum Gasteiger partial charge on any atom is 0.348 e. The van der Waals surface area contributed by atoms with Crippen molar-refractivity contribution in [1.29, 1.82) is 0 Å². The maximum atomic E-state index is 12.8. The van der Waals surface area contributed by atoms with Crippen LogP contribution in [0.5, 0.6) is 0 Å². The summed E-state index contributed by atoms with van der Waals surface area (Å²) in [5.41, 5.74) is 1.40. The van der Waals surface area contributed by atoms with E-state index < -0.39 is 5.97 Å². The minimum atomic E-state index is -0.415. The summed E-state index contributed by atoms with van der Waals surface area (Å²) in [5.74, 6) is -0.415. The molecule has 3 aromatic rings. The van der Waals surface area contributed by atoms with Gasteiger partial charge in [0.05, 0.1) is 24.9 Å². The molecule has 0 spiro atoms. The largest absolute Gasteiger partial charge is 0.462 e. The second kappa shape index (κ2) is 6.75. The number of ether oxygens (including phenoxy) is 1. The summed E-state index contributed by atoms with van der Waals surface area (Å²) in [6.45, 7) is 4.18. The molecule has 124 valence electrons. The molecule has 0 radical (unpaired) electrons. The smallest absolute Gasteiger partial charge is 0.348 e.